The van der Waals surface area contributed by atoms with Gasteiger partial charge in [0, 0.05) is 31.0 Å². The van der Waals surface area contributed by atoms with Crippen molar-refractivity contribution in [1.29, 1.82) is 0 Å². The fourth-order valence-electron chi connectivity index (χ4n) is 3.19. The number of para-hydroxylation sites is 1. The molecule has 28 heavy (non-hydrogen) atoms. The molecule has 7 heteroatoms. The smallest absolute Gasteiger partial charge is 0.240 e. The second-order valence-corrected chi connectivity index (χ2v) is 8.39. The summed E-state index contributed by atoms with van der Waals surface area (Å²) in [5, 5.41) is 4.12. The molecule has 0 aliphatic rings. The average molecular weight is 400 g/mol. The first-order valence-electron chi connectivity index (χ1n) is 9.14. The van der Waals surface area contributed by atoms with Gasteiger partial charge in [-0.2, -0.15) is 5.10 Å². The monoisotopic (exact) mass is 399 g/mol. The molecule has 0 fully saturated rings. The second kappa shape index (κ2) is 8.58. The number of rotatable bonds is 8. The van der Waals surface area contributed by atoms with Crippen LogP contribution in [0.3, 0.4) is 0 Å². The van der Waals surface area contributed by atoms with E-state index in [-0.39, 0.29) is 0 Å². The van der Waals surface area contributed by atoms with E-state index in [0.29, 0.717) is 30.0 Å². The van der Waals surface area contributed by atoms with Gasteiger partial charge in [0.15, 0.2) is 0 Å². The Morgan fingerprint density at radius 3 is 2.57 bits per heavy atom. The van der Waals surface area contributed by atoms with Crippen LogP contribution in [0.2, 0.25) is 0 Å². The fraction of sp³-hybridized carbons (Fsp3) is 0.286. The van der Waals surface area contributed by atoms with Crippen molar-refractivity contribution in [2.24, 2.45) is 0 Å². The van der Waals surface area contributed by atoms with Gasteiger partial charge >= 0.3 is 0 Å². The van der Waals surface area contributed by atoms with E-state index in [1.54, 1.807) is 24.1 Å². The van der Waals surface area contributed by atoms with E-state index in [4.69, 9.17) is 4.74 Å². The van der Waals surface area contributed by atoms with Crippen LogP contribution in [-0.4, -0.2) is 31.9 Å². The van der Waals surface area contributed by atoms with Gasteiger partial charge in [-0.1, -0.05) is 18.2 Å². The lowest BCUT2D eigenvalue weighted by molar-refractivity contribution is 0.416. The molecule has 6 nitrogen and oxygen atoms in total. The van der Waals surface area contributed by atoms with Gasteiger partial charge in [-0.05, 0) is 61.2 Å². The molecule has 0 spiro atoms. The first kappa shape index (κ1) is 20.1. The molecule has 148 valence electrons. The molecule has 1 N–H and O–H groups in total. The Labute approximate surface area is 166 Å². The standard InChI is InChI=1S/C21H25N3O3S/c1-16-15-21(28(25,26)23-11-7-13-24-12-6-10-22-24)17(2)14-19(16)18-8-4-5-9-20(18)27-3/h4-6,8-10,12,14-15,23H,7,11,13H2,1-3H3. The minimum absolute atomic E-state index is 0.308. The number of ether oxygens (including phenoxy) is 1. The number of hydrogen-bond donors (Lipinski definition) is 1. The minimum Gasteiger partial charge on any atom is -0.496 e. The number of benzene rings is 2. The Kier molecular flexibility index (Phi) is 6.16. The van der Waals surface area contributed by atoms with Crippen molar-refractivity contribution in [3.63, 3.8) is 0 Å². The number of aryl methyl sites for hydroxylation is 3. The lowest BCUT2D eigenvalue weighted by atomic mass is 9.97. The maximum Gasteiger partial charge on any atom is 0.240 e. The molecule has 3 rings (SSSR count). The molecule has 0 bridgehead atoms. The van der Waals surface area contributed by atoms with Crippen LogP contribution in [0.15, 0.2) is 59.8 Å². The van der Waals surface area contributed by atoms with E-state index in [9.17, 15) is 8.42 Å². The van der Waals surface area contributed by atoms with Crippen molar-refractivity contribution in [2.75, 3.05) is 13.7 Å². The number of sulfonamides is 1. The molecule has 0 atom stereocenters. The zero-order valence-corrected chi connectivity index (χ0v) is 17.2. The highest BCUT2D eigenvalue weighted by Crippen LogP contribution is 2.34. The third-order valence-electron chi connectivity index (χ3n) is 4.62. The molecule has 0 saturated heterocycles. The number of nitrogens with zero attached hydrogens (tertiary/aromatic N) is 2. The van der Waals surface area contributed by atoms with Crippen LogP contribution in [-0.2, 0) is 16.6 Å². The summed E-state index contributed by atoms with van der Waals surface area (Å²) in [5.74, 6) is 0.761. The van der Waals surface area contributed by atoms with Crippen LogP contribution in [0.25, 0.3) is 11.1 Å². The highest BCUT2D eigenvalue weighted by molar-refractivity contribution is 7.89. The van der Waals surface area contributed by atoms with Gasteiger partial charge in [0.1, 0.15) is 5.75 Å². The Hall–Kier alpha value is -2.64. The van der Waals surface area contributed by atoms with E-state index in [0.717, 1.165) is 22.4 Å². The van der Waals surface area contributed by atoms with Crippen molar-refractivity contribution >= 4 is 10.0 Å². The molecule has 0 unspecified atom stereocenters. The number of nitrogens with one attached hydrogen (secondary N) is 1. The van der Waals surface area contributed by atoms with Crippen molar-refractivity contribution in [3.05, 3.63) is 66.0 Å². The number of aromatic nitrogens is 2. The summed E-state index contributed by atoms with van der Waals surface area (Å²) in [6, 6.07) is 13.2. The van der Waals surface area contributed by atoms with E-state index < -0.39 is 10.0 Å². The molecule has 3 aromatic rings. The average Bonchev–Trinajstić information content (AvgIpc) is 3.20. The summed E-state index contributed by atoms with van der Waals surface area (Å²) in [6.45, 7) is 4.75. The highest BCUT2D eigenvalue weighted by Gasteiger charge is 2.19. The van der Waals surface area contributed by atoms with Gasteiger partial charge in [0.25, 0.3) is 0 Å². The van der Waals surface area contributed by atoms with Crippen molar-refractivity contribution < 1.29 is 13.2 Å². The molecule has 1 aromatic heterocycles. The maximum absolute atomic E-state index is 12.8. The first-order chi connectivity index (χ1) is 13.4. The lowest BCUT2D eigenvalue weighted by Gasteiger charge is -2.15. The zero-order valence-electron chi connectivity index (χ0n) is 16.3. The van der Waals surface area contributed by atoms with E-state index in [1.165, 1.54) is 0 Å². The van der Waals surface area contributed by atoms with Gasteiger partial charge in [-0.3, -0.25) is 4.68 Å². The van der Waals surface area contributed by atoms with Gasteiger partial charge in [0.05, 0.1) is 12.0 Å². The Morgan fingerprint density at radius 2 is 1.86 bits per heavy atom. The molecule has 0 radical (unpaired) electrons. The normalized spacial score (nSPS) is 11.5. The van der Waals surface area contributed by atoms with Crippen LogP contribution >= 0.6 is 0 Å². The van der Waals surface area contributed by atoms with Crippen molar-refractivity contribution in [1.82, 2.24) is 14.5 Å². The van der Waals surface area contributed by atoms with Gasteiger partial charge in [-0.15, -0.1) is 0 Å². The predicted molar refractivity (Wildman–Crippen MR) is 110 cm³/mol. The van der Waals surface area contributed by atoms with E-state index in [1.807, 2.05) is 56.4 Å². The third-order valence-corrected chi connectivity index (χ3v) is 6.23. The summed E-state index contributed by atoms with van der Waals surface area (Å²) in [6.07, 6.45) is 4.23. The van der Waals surface area contributed by atoms with E-state index >= 15 is 0 Å². The van der Waals surface area contributed by atoms with Gasteiger partial charge in [-0.25, -0.2) is 13.1 Å². The van der Waals surface area contributed by atoms with Crippen LogP contribution < -0.4 is 9.46 Å². The van der Waals surface area contributed by atoms with Crippen LogP contribution in [0.5, 0.6) is 5.75 Å². The molecule has 0 amide bonds. The summed E-state index contributed by atoms with van der Waals surface area (Å²) in [7, 11) is -1.95. The quantitative estimate of drug-likeness (QED) is 0.588. The van der Waals surface area contributed by atoms with Crippen LogP contribution in [0.4, 0.5) is 0 Å². The Bertz CT molecular complexity index is 1040. The van der Waals surface area contributed by atoms with E-state index in [2.05, 4.69) is 9.82 Å². The largest absolute Gasteiger partial charge is 0.496 e. The summed E-state index contributed by atoms with van der Waals surface area (Å²) in [4.78, 5) is 0.308. The molecule has 1 heterocycles. The Balaban J connectivity index is 1.79. The molecule has 0 saturated carbocycles. The summed E-state index contributed by atoms with van der Waals surface area (Å²) < 4.78 is 35.5. The summed E-state index contributed by atoms with van der Waals surface area (Å²) in [5.41, 5.74) is 3.49. The zero-order chi connectivity index (χ0) is 20.1. The molecule has 0 aliphatic carbocycles. The SMILES string of the molecule is COc1ccccc1-c1cc(C)c(S(=O)(=O)NCCCn2cccn2)cc1C. The van der Waals surface area contributed by atoms with Crippen molar-refractivity contribution in [3.8, 4) is 16.9 Å². The third kappa shape index (κ3) is 4.43. The van der Waals surface area contributed by atoms with Crippen LogP contribution in [0, 0.1) is 13.8 Å². The maximum atomic E-state index is 12.8. The van der Waals surface area contributed by atoms with Crippen molar-refractivity contribution in [2.45, 2.75) is 31.7 Å². The molecule has 2 aromatic carbocycles. The molecule has 0 aliphatic heterocycles. The first-order valence-corrected chi connectivity index (χ1v) is 10.6. The lowest BCUT2D eigenvalue weighted by Crippen LogP contribution is -2.26. The molecular weight excluding hydrogens is 374 g/mol. The topological polar surface area (TPSA) is 73.2 Å². The fourth-order valence-corrected chi connectivity index (χ4v) is 4.58. The highest BCUT2D eigenvalue weighted by atomic mass is 32.2. The van der Waals surface area contributed by atoms with Gasteiger partial charge in [0.2, 0.25) is 10.0 Å². The Morgan fingerprint density at radius 1 is 1.07 bits per heavy atom. The number of hydrogen-bond acceptors (Lipinski definition) is 4. The number of methoxy groups -OCH3 is 1. The second-order valence-electron chi connectivity index (χ2n) is 6.65. The predicted octanol–water partition coefficient (Wildman–Crippen LogP) is 3.54. The minimum atomic E-state index is -3.58. The van der Waals surface area contributed by atoms with Gasteiger partial charge < -0.3 is 4.74 Å². The van der Waals surface area contributed by atoms with Crippen LogP contribution in [0.1, 0.15) is 17.5 Å². The molecular formula is C21H25N3O3S. The summed E-state index contributed by atoms with van der Waals surface area (Å²) >= 11 is 0.